The number of nitro groups is 1. The van der Waals surface area contributed by atoms with E-state index in [1.165, 1.54) is 0 Å². The molecule has 1 fully saturated rings. The molecular weight excluding hydrogens is 248 g/mol. The van der Waals surface area contributed by atoms with Gasteiger partial charge in [-0.2, -0.15) is 0 Å². The number of benzene rings is 1. The maximum atomic E-state index is 11.1. The van der Waals surface area contributed by atoms with Gasteiger partial charge in [-0.25, -0.2) is 0 Å². The number of nitrogen functional groups attached to an aromatic ring is 1. The lowest BCUT2D eigenvalue weighted by Crippen LogP contribution is -2.24. The first-order valence-electron chi connectivity index (χ1n) is 6.28. The third-order valence-corrected chi connectivity index (χ3v) is 3.21. The molecule has 0 saturated carbocycles. The number of hydrogen-bond acceptors (Lipinski definition) is 6. The Bertz CT molecular complexity index is 447. The van der Waals surface area contributed by atoms with Crippen LogP contribution in [0.15, 0.2) is 18.2 Å². The van der Waals surface area contributed by atoms with Gasteiger partial charge in [0.1, 0.15) is 11.4 Å². The molecule has 1 atom stereocenters. The monoisotopic (exact) mass is 266 g/mol. The third kappa shape index (κ3) is 3.33. The largest absolute Gasteiger partial charge is 0.381 e. The molecule has 1 aliphatic rings. The standard InChI is InChI=1S/C12H18N4O3/c13-15-11-5-1-4-10(12(11)16(17)18)14-7-9-3-2-6-19-8-9/h1,4-5,9,14-15H,2-3,6-8,13H2. The summed E-state index contributed by atoms with van der Waals surface area (Å²) in [6.07, 6.45) is 2.12. The molecule has 0 amide bonds. The summed E-state index contributed by atoms with van der Waals surface area (Å²) in [5.74, 6) is 5.69. The van der Waals surface area contributed by atoms with Crippen molar-refractivity contribution in [1.29, 1.82) is 0 Å². The smallest absolute Gasteiger partial charge is 0.316 e. The van der Waals surface area contributed by atoms with E-state index in [1.807, 2.05) is 0 Å². The van der Waals surface area contributed by atoms with E-state index in [4.69, 9.17) is 10.6 Å². The van der Waals surface area contributed by atoms with Crippen LogP contribution in [0.2, 0.25) is 0 Å². The Balaban J connectivity index is 2.08. The van der Waals surface area contributed by atoms with Gasteiger partial charge in [0.05, 0.1) is 11.5 Å². The molecule has 0 aromatic heterocycles. The predicted octanol–water partition coefficient (Wildman–Crippen LogP) is 1.72. The van der Waals surface area contributed by atoms with Crippen LogP contribution in [0.4, 0.5) is 17.1 Å². The molecule has 2 rings (SSSR count). The molecule has 1 aromatic carbocycles. The summed E-state index contributed by atoms with van der Waals surface area (Å²) in [5, 5.41) is 14.2. The topological polar surface area (TPSA) is 102 Å². The first-order valence-corrected chi connectivity index (χ1v) is 6.28. The van der Waals surface area contributed by atoms with Gasteiger partial charge < -0.3 is 15.5 Å². The van der Waals surface area contributed by atoms with Gasteiger partial charge in [-0.3, -0.25) is 16.0 Å². The highest BCUT2D eigenvalue weighted by Gasteiger charge is 2.20. The van der Waals surface area contributed by atoms with E-state index in [-0.39, 0.29) is 5.69 Å². The molecule has 104 valence electrons. The highest BCUT2D eigenvalue weighted by molar-refractivity contribution is 5.75. The Morgan fingerprint density at radius 3 is 2.89 bits per heavy atom. The third-order valence-electron chi connectivity index (χ3n) is 3.21. The van der Waals surface area contributed by atoms with Gasteiger partial charge >= 0.3 is 5.69 Å². The first-order chi connectivity index (χ1) is 9.22. The summed E-state index contributed by atoms with van der Waals surface area (Å²) < 4.78 is 5.39. The van der Waals surface area contributed by atoms with E-state index in [0.717, 1.165) is 19.4 Å². The van der Waals surface area contributed by atoms with Crippen LogP contribution >= 0.6 is 0 Å². The van der Waals surface area contributed by atoms with Crippen molar-refractivity contribution >= 4 is 17.1 Å². The second kappa shape index (κ2) is 6.35. The minimum absolute atomic E-state index is 0.0262. The predicted molar refractivity (Wildman–Crippen MR) is 72.9 cm³/mol. The highest BCUT2D eigenvalue weighted by Crippen LogP contribution is 2.32. The number of nitrogens with zero attached hydrogens (tertiary/aromatic N) is 1. The van der Waals surface area contributed by atoms with Crippen LogP contribution in [0.3, 0.4) is 0 Å². The number of nitrogens with two attached hydrogens (primary N) is 1. The van der Waals surface area contributed by atoms with E-state index in [9.17, 15) is 10.1 Å². The van der Waals surface area contributed by atoms with Crippen molar-refractivity contribution in [1.82, 2.24) is 0 Å². The van der Waals surface area contributed by atoms with Crippen LogP contribution in [-0.2, 0) is 4.74 Å². The van der Waals surface area contributed by atoms with Crippen LogP contribution in [-0.4, -0.2) is 24.7 Å². The normalized spacial score (nSPS) is 18.9. The van der Waals surface area contributed by atoms with Crippen molar-refractivity contribution in [3.8, 4) is 0 Å². The average molecular weight is 266 g/mol. The second-order valence-electron chi connectivity index (χ2n) is 4.57. The maximum absolute atomic E-state index is 11.1. The fourth-order valence-corrected chi connectivity index (χ4v) is 2.22. The van der Waals surface area contributed by atoms with Crippen LogP contribution in [0.1, 0.15) is 12.8 Å². The van der Waals surface area contributed by atoms with Gasteiger partial charge in [0.15, 0.2) is 0 Å². The summed E-state index contributed by atoms with van der Waals surface area (Å²) in [5.41, 5.74) is 3.10. The van der Waals surface area contributed by atoms with Gasteiger partial charge in [0.25, 0.3) is 0 Å². The van der Waals surface area contributed by atoms with Crippen molar-refractivity contribution in [3.05, 3.63) is 28.3 Å². The number of nitrogens with one attached hydrogen (secondary N) is 2. The van der Waals surface area contributed by atoms with Crippen LogP contribution in [0, 0.1) is 16.0 Å². The van der Waals surface area contributed by atoms with Crippen molar-refractivity contribution in [2.75, 3.05) is 30.5 Å². The number of hydrogen-bond donors (Lipinski definition) is 3. The summed E-state index contributed by atoms with van der Waals surface area (Å²) in [6.45, 7) is 2.17. The first kappa shape index (κ1) is 13.6. The Kier molecular flexibility index (Phi) is 4.53. The maximum Gasteiger partial charge on any atom is 0.316 e. The molecule has 1 heterocycles. The number of hydrazine groups is 1. The Hall–Kier alpha value is -1.86. The summed E-state index contributed by atoms with van der Waals surface area (Å²) in [4.78, 5) is 10.7. The molecule has 0 spiro atoms. The van der Waals surface area contributed by atoms with Crippen molar-refractivity contribution in [2.24, 2.45) is 11.8 Å². The highest BCUT2D eigenvalue weighted by atomic mass is 16.6. The molecule has 7 nitrogen and oxygen atoms in total. The van der Waals surface area contributed by atoms with E-state index < -0.39 is 4.92 Å². The van der Waals surface area contributed by atoms with Gasteiger partial charge in [-0.1, -0.05) is 6.07 Å². The van der Waals surface area contributed by atoms with Gasteiger partial charge in [-0.05, 0) is 30.9 Å². The molecule has 0 radical (unpaired) electrons. The zero-order valence-electron chi connectivity index (χ0n) is 10.6. The van der Waals surface area contributed by atoms with Gasteiger partial charge in [0.2, 0.25) is 0 Å². The average Bonchev–Trinajstić information content (AvgIpc) is 2.45. The molecular formula is C12H18N4O3. The van der Waals surface area contributed by atoms with E-state index in [1.54, 1.807) is 18.2 Å². The summed E-state index contributed by atoms with van der Waals surface area (Å²) >= 11 is 0. The Labute approximate surface area is 111 Å². The van der Waals surface area contributed by atoms with Gasteiger partial charge in [-0.15, -0.1) is 0 Å². The van der Waals surface area contributed by atoms with Crippen LogP contribution < -0.4 is 16.6 Å². The second-order valence-corrected chi connectivity index (χ2v) is 4.57. The number of anilines is 2. The van der Waals surface area contributed by atoms with E-state index in [0.29, 0.717) is 30.4 Å². The molecule has 7 heteroatoms. The molecule has 4 N–H and O–H groups in total. The number of nitro benzene ring substituents is 1. The van der Waals surface area contributed by atoms with Crippen molar-refractivity contribution < 1.29 is 9.66 Å². The molecule has 0 bridgehead atoms. The Morgan fingerprint density at radius 2 is 2.26 bits per heavy atom. The van der Waals surface area contributed by atoms with Crippen molar-refractivity contribution in [3.63, 3.8) is 0 Å². The molecule has 0 aliphatic carbocycles. The van der Waals surface area contributed by atoms with Crippen LogP contribution in [0.25, 0.3) is 0 Å². The zero-order valence-corrected chi connectivity index (χ0v) is 10.6. The fraction of sp³-hybridized carbons (Fsp3) is 0.500. The minimum Gasteiger partial charge on any atom is -0.381 e. The number of ether oxygens (including phenoxy) is 1. The number of rotatable bonds is 5. The lowest BCUT2D eigenvalue weighted by atomic mass is 10.0. The number of para-hydroxylation sites is 1. The SMILES string of the molecule is NNc1cccc(NCC2CCCOC2)c1[N+](=O)[O-]. The van der Waals surface area contributed by atoms with Crippen molar-refractivity contribution in [2.45, 2.75) is 12.8 Å². The molecule has 1 aromatic rings. The van der Waals surface area contributed by atoms with E-state index >= 15 is 0 Å². The molecule has 1 saturated heterocycles. The summed E-state index contributed by atoms with van der Waals surface area (Å²) in [6, 6.07) is 4.98. The fourth-order valence-electron chi connectivity index (χ4n) is 2.22. The van der Waals surface area contributed by atoms with Crippen LogP contribution in [0.5, 0.6) is 0 Å². The quantitative estimate of drug-likeness (QED) is 0.426. The Morgan fingerprint density at radius 1 is 1.47 bits per heavy atom. The molecule has 1 unspecified atom stereocenters. The molecule has 19 heavy (non-hydrogen) atoms. The minimum atomic E-state index is -0.436. The zero-order chi connectivity index (χ0) is 13.7. The lowest BCUT2D eigenvalue weighted by molar-refractivity contribution is -0.383. The van der Waals surface area contributed by atoms with Gasteiger partial charge in [0, 0.05) is 13.2 Å². The van der Waals surface area contributed by atoms with E-state index in [2.05, 4.69) is 10.7 Å². The molecule has 1 aliphatic heterocycles. The lowest BCUT2D eigenvalue weighted by Gasteiger charge is -2.22. The summed E-state index contributed by atoms with van der Waals surface area (Å²) in [7, 11) is 0.